The van der Waals surface area contributed by atoms with Gasteiger partial charge in [-0.05, 0) is 68.1 Å². The molecule has 188 valence electrons. The van der Waals surface area contributed by atoms with Crippen LogP contribution in [-0.2, 0) is 4.74 Å². The molecule has 1 unspecified atom stereocenters. The van der Waals surface area contributed by atoms with Crippen molar-refractivity contribution in [2.45, 2.75) is 32.2 Å². The lowest BCUT2D eigenvalue weighted by Crippen LogP contribution is -2.32. The molecule has 1 aliphatic heterocycles. The van der Waals surface area contributed by atoms with E-state index in [1.54, 1.807) is 12.4 Å². The van der Waals surface area contributed by atoms with Gasteiger partial charge in [-0.25, -0.2) is 9.37 Å². The predicted molar refractivity (Wildman–Crippen MR) is 132 cm³/mol. The van der Waals surface area contributed by atoms with Gasteiger partial charge in [-0.2, -0.15) is 0 Å². The van der Waals surface area contributed by atoms with Crippen molar-refractivity contribution in [1.82, 2.24) is 14.9 Å². The highest BCUT2D eigenvalue weighted by Crippen LogP contribution is 2.35. The van der Waals surface area contributed by atoms with Crippen molar-refractivity contribution in [2.24, 2.45) is 11.7 Å². The third kappa shape index (κ3) is 4.98. The molecule has 1 atom stereocenters. The maximum atomic E-state index is 13.9. The van der Waals surface area contributed by atoms with Crippen molar-refractivity contribution < 1.29 is 23.8 Å². The van der Waals surface area contributed by atoms with Gasteiger partial charge >= 0.3 is 0 Å². The smallest absolute Gasteiger partial charge is 0.248 e. The Labute approximate surface area is 208 Å². The lowest BCUT2D eigenvalue weighted by atomic mass is 9.96. The van der Waals surface area contributed by atoms with Gasteiger partial charge < -0.3 is 25.6 Å². The van der Waals surface area contributed by atoms with Crippen molar-refractivity contribution >= 4 is 12.0 Å². The molecule has 4 N–H and O–H groups in total. The number of rotatable bonds is 7. The van der Waals surface area contributed by atoms with E-state index in [2.05, 4.69) is 5.32 Å². The number of aryl methyl sites for hydroxylation is 1. The number of phenolic OH excluding ortho intramolecular Hbond substituents is 1. The first-order chi connectivity index (χ1) is 17.4. The van der Waals surface area contributed by atoms with Gasteiger partial charge in [-0.3, -0.25) is 9.36 Å². The number of halogens is 1. The molecular weight excluding hydrogens is 463 g/mol. The highest BCUT2D eigenvalue weighted by molar-refractivity contribution is 5.94. The third-order valence-corrected chi connectivity index (χ3v) is 6.78. The Morgan fingerprint density at radius 1 is 1.28 bits per heavy atom. The highest BCUT2D eigenvalue weighted by Gasteiger charge is 2.28. The van der Waals surface area contributed by atoms with Crippen molar-refractivity contribution in [1.29, 1.82) is 0 Å². The topological polar surface area (TPSA) is 112 Å². The third-order valence-electron chi connectivity index (χ3n) is 6.78. The lowest BCUT2D eigenvalue weighted by Gasteiger charge is -2.28. The molecule has 2 heterocycles. The number of benzene rings is 2. The van der Waals surface area contributed by atoms with Crippen LogP contribution in [0.3, 0.4) is 0 Å². The summed E-state index contributed by atoms with van der Waals surface area (Å²) >= 11 is 0. The fourth-order valence-electron chi connectivity index (χ4n) is 4.77. The first kappa shape index (κ1) is 24.0. The molecule has 2 aliphatic rings. The summed E-state index contributed by atoms with van der Waals surface area (Å²) in [5.74, 6) is -0.171. The normalized spacial score (nSPS) is 17.9. The van der Waals surface area contributed by atoms with Gasteiger partial charge in [0, 0.05) is 43.0 Å². The number of aromatic nitrogens is 2. The van der Waals surface area contributed by atoms with Gasteiger partial charge in [0.2, 0.25) is 5.91 Å². The minimum atomic E-state index is -0.742. The molecule has 9 heteroatoms. The molecule has 0 radical (unpaired) electrons. The fraction of sp³-hybridized carbons (Fsp3) is 0.333. The number of amides is 1. The number of fused-ring (bicyclic) bond motifs is 1. The van der Waals surface area contributed by atoms with Crippen LogP contribution in [-0.4, -0.2) is 40.3 Å². The zero-order chi connectivity index (χ0) is 25.2. The van der Waals surface area contributed by atoms with Gasteiger partial charge in [0.15, 0.2) is 11.6 Å². The summed E-state index contributed by atoms with van der Waals surface area (Å²) in [5.41, 5.74) is 9.28. The number of hydrogen-bond acceptors (Lipinski definition) is 6. The van der Waals surface area contributed by atoms with Crippen LogP contribution in [0, 0.1) is 18.7 Å². The number of nitrogens with two attached hydrogens (primary N) is 1. The van der Waals surface area contributed by atoms with Crippen LogP contribution < -0.4 is 15.8 Å². The minimum Gasteiger partial charge on any atom is -0.505 e. The molecule has 0 bridgehead atoms. The molecule has 1 fully saturated rings. The quantitative estimate of drug-likeness (QED) is 0.460. The Hall–Kier alpha value is -3.69. The second-order valence-electron chi connectivity index (χ2n) is 9.30. The molecule has 2 aromatic carbocycles. The van der Waals surface area contributed by atoms with Crippen molar-refractivity contribution in [3.05, 3.63) is 76.8 Å². The Bertz CT molecular complexity index is 1310. The van der Waals surface area contributed by atoms with E-state index >= 15 is 0 Å². The lowest BCUT2D eigenvalue weighted by molar-refractivity contribution is 0.0653. The summed E-state index contributed by atoms with van der Waals surface area (Å²) in [6.07, 6.45) is 6.22. The summed E-state index contributed by atoms with van der Waals surface area (Å²) in [7, 11) is 0. The minimum absolute atomic E-state index is 0.1000. The average molecular weight is 493 g/mol. The number of phenols is 1. The van der Waals surface area contributed by atoms with Gasteiger partial charge in [0.25, 0.3) is 0 Å². The zero-order valence-electron chi connectivity index (χ0n) is 20.0. The number of hydrogen-bond donors (Lipinski definition) is 3. The number of primary amides is 1. The number of imidazole rings is 1. The van der Waals surface area contributed by atoms with Crippen LogP contribution in [0.4, 0.5) is 4.39 Å². The standard InChI is InChI=1S/C27H29FN4O4/c1-16-10-18(2-4-21(16)27(29)34)32-15-31-26-23(30-14-17-6-8-35-9-7-17)12-20(13-24(26)32)36-19-3-5-25(33)22(28)11-19/h2-5,10-11,13,15,17,23,30,33H,6-9,12,14H2,1H3,(H2,29,34). The van der Waals surface area contributed by atoms with Crippen LogP contribution in [0.25, 0.3) is 11.8 Å². The number of carbonyl (C=O) groups excluding carboxylic acids is 1. The number of aromatic hydroxyl groups is 1. The Morgan fingerprint density at radius 3 is 2.81 bits per heavy atom. The van der Waals surface area contributed by atoms with E-state index in [1.165, 1.54) is 18.2 Å². The molecular formula is C27H29FN4O4. The largest absolute Gasteiger partial charge is 0.505 e. The van der Waals surface area contributed by atoms with E-state index in [0.29, 0.717) is 29.4 Å². The molecule has 5 rings (SSSR count). The van der Waals surface area contributed by atoms with Gasteiger partial charge in [0.1, 0.15) is 17.8 Å². The van der Waals surface area contributed by atoms with Gasteiger partial charge in [0.05, 0.1) is 17.4 Å². The van der Waals surface area contributed by atoms with E-state index < -0.39 is 17.5 Å². The first-order valence-electron chi connectivity index (χ1n) is 12.0. The summed E-state index contributed by atoms with van der Waals surface area (Å²) < 4.78 is 27.4. The molecule has 0 saturated carbocycles. The molecule has 1 amide bonds. The predicted octanol–water partition coefficient (Wildman–Crippen LogP) is 4.01. The van der Waals surface area contributed by atoms with Crippen LogP contribution >= 0.6 is 0 Å². The molecule has 3 aromatic rings. The number of nitrogens with zero attached hydrogens (tertiary/aromatic N) is 2. The Balaban J connectivity index is 1.47. The van der Waals surface area contributed by atoms with Crippen LogP contribution in [0.2, 0.25) is 0 Å². The van der Waals surface area contributed by atoms with Crippen molar-refractivity contribution in [3.8, 4) is 17.2 Å². The second-order valence-corrected chi connectivity index (χ2v) is 9.30. The monoisotopic (exact) mass is 492 g/mol. The van der Waals surface area contributed by atoms with Gasteiger partial charge in [-0.1, -0.05) is 0 Å². The van der Waals surface area contributed by atoms with Crippen molar-refractivity contribution in [2.75, 3.05) is 19.8 Å². The summed E-state index contributed by atoms with van der Waals surface area (Å²) in [6.45, 7) is 4.22. The van der Waals surface area contributed by atoms with Crippen LogP contribution in [0.5, 0.6) is 11.5 Å². The van der Waals surface area contributed by atoms with E-state index in [0.717, 1.165) is 55.2 Å². The molecule has 1 aliphatic carbocycles. The number of ether oxygens (including phenoxy) is 2. The highest BCUT2D eigenvalue weighted by atomic mass is 19.1. The molecule has 1 saturated heterocycles. The maximum absolute atomic E-state index is 13.9. The molecule has 1 aromatic heterocycles. The Kier molecular flexibility index (Phi) is 6.75. The first-order valence-corrected chi connectivity index (χ1v) is 12.0. The van der Waals surface area contributed by atoms with E-state index in [1.807, 2.05) is 29.7 Å². The van der Waals surface area contributed by atoms with E-state index in [-0.39, 0.29) is 6.04 Å². The van der Waals surface area contributed by atoms with Crippen molar-refractivity contribution in [3.63, 3.8) is 0 Å². The fourth-order valence-corrected chi connectivity index (χ4v) is 4.77. The van der Waals surface area contributed by atoms with Crippen LogP contribution in [0.1, 0.15) is 52.6 Å². The van der Waals surface area contributed by atoms with Gasteiger partial charge in [-0.15, -0.1) is 0 Å². The summed E-state index contributed by atoms with van der Waals surface area (Å²) in [6, 6.07) is 9.30. The summed E-state index contributed by atoms with van der Waals surface area (Å²) in [5, 5.41) is 13.2. The maximum Gasteiger partial charge on any atom is 0.248 e. The average Bonchev–Trinajstić information content (AvgIpc) is 3.29. The number of nitrogens with one attached hydrogen (secondary N) is 1. The molecule has 8 nitrogen and oxygen atoms in total. The molecule has 0 spiro atoms. The number of carbonyl (C=O) groups is 1. The second kappa shape index (κ2) is 10.1. The SMILES string of the molecule is Cc1cc(-n2cnc3c2C=C(Oc2ccc(O)c(F)c2)CC3NCC2CCOCC2)ccc1C(N)=O. The summed E-state index contributed by atoms with van der Waals surface area (Å²) in [4.78, 5) is 16.4. The Morgan fingerprint density at radius 2 is 2.08 bits per heavy atom. The molecule has 36 heavy (non-hydrogen) atoms. The van der Waals surface area contributed by atoms with E-state index in [9.17, 15) is 14.3 Å². The zero-order valence-corrected chi connectivity index (χ0v) is 20.0. The van der Waals surface area contributed by atoms with E-state index in [4.69, 9.17) is 20.2 Å². The van der Waals surface area contributed by atoms with Crippen LogP contribution in [0.15, 0.2) is 48.5 Å².